The van der Waals surface area contributed by atoms with Crippen LogP contribution >= 0.6 is 0 Å². The maximum absolute atomic E-state index is 11.2. The standard InChI is InChI=1S/C9H18N2O/c1-3-10-9(12)7(2)11-6-8-4-5-8/h7-8,11H,3-6H2,1-2H3,(H,10,12). The van der Waals surface area contributed by atoms with Crippen LogP contribution < -0.4 is 10.6 Å². The number of likely N-dealkylation sites (N-methyl/N-ethyl adjacent to an activating group) is 1. The predicted molar refractivity (Wildman–Crippen MR) is 48.9 cm³/mol. The van der Waals surface area contributed by atoms with Crippen molar-refractivity contribution in [2.75, 3.05) is 13.1 Å². The molecule has 0 aliphatic heterocycles. The Labute approximate surface area is 73.9 Å². The van der Waals surface area contributed by atoms with Gasteiger partial charge in [0.15, 0.2) is 0 Å². The van der Waals surface area contributed by atoms with Gasteiger partial charge in [-0.2, -0.15) is 0 Å². The lowest BCUT2D eigenvalue weighted by atomic mass is 10.3. The molecule has 0 spiro atoms. The molecule has 12 heavy (non-hydrogen) atoms. The highest BCUT2D eigenvalue weighted by Crippen LogP contribution is 2.27. The van der Waals surface area contributed by atoms with Crippen molar-refractivity contribution < 1.29 is 4.79 Å². The molecule has 1 fully saturated rings. The molecular weight excluding hydrogens is 152 g/mol. The van der Waals surface area contributed by atoms with Crippen LogP contribution in [0.4, 0.5) is 0 Å². The van der Waals surface area contributed by atoms with E-state index in [1.165, 1.54) is 12.8 Å². The van der Waals surface area contributed by atoms with Gasteiger partial charge in [-0.3, -0.25) is 4.79 Å². The number of amides is 1. The minimum Gasteiger partial charge on any atom is -0.355 e. The average Bonchev–Trinajstić information content (AvgIpc) is 2.83. The zero-order valence-electron chi connectivity index (χ0n) is 7.89. The number of hydrogen-bond donors (Lipinski definition) is 2. The Morgan fingerprint density at radius 1 is 1.58 bits per heavy atom. The SMILES string of the molecule is CCNC(=O)C(C)NCC1CC1. The second-order valence-corrected chi connectivity index (χ2v) is 3.47. The molecule has 0 aromatic carbocycles. The summed E-state index contributed by atoms with van der Waals surface area (Å²) in [5.74, 6) is 0.944. The quantitative estimate of drug-likeness (QED) is 0.631. The Kier molecular flexibility index (Phi) is 3.53. The minimum absolute atomic E-state index is 0.0365. The first-order valence-corrected chi connectivity index (χ1v) is 4.75. The summed E-state index contributed by atoms with van der Waals surface area (Å²) in [6.45, 7) is 5.56. The van der Waals surface area contributed by atoms with Crippen LogP contribution in [-0.4, -0.2) is 25.0 Å². The zero-order valence-corrected chi connectivity index (χ0v) is 7.89. The van der Waals surface area contributed by atoms with Gasteiger partial charge in [0.25, 0.3) is 0 Å². The van der Waals surface area contributed by atoms with E-state index in [4.69, 9.17) is 0 Å². The number of nitrogens with one attached hydrogen (secondary N) is 2. The maximum atomic E-state index is 11.2. The van der Waals surface area contributed by atoms with E-state index in [0.29, 0.717) is 6.54 Å². The van der Waals surface area contributed by atoms with Crippen LogP contribution in [0.25, 0.3) is 0 Å². The van der Waals surface area contributed by atoms with Gasteiger partial charge in [-0.25, -0.2) is 0 Å². The Balaban J connectivity index is 2.07. The molecule has 1 atom stereocenters. The monoisotopic (exact) mass is 170 g/mol. The van der Waals surface area contributed by atoms with Gasteiger partial charge in [-0.15, -0.1) is 0 Å². The maximum Gasteiger partial charge on any atom is 0.236 e. The zero-order chi connectivity index (χ0) is 8.97. The summed E-state index contributed by atoms with van der Waals surface area (Å²) < 4.78 is 0. The van der Waals surface area contributed by atoms with Gasteiger partial charge in [-0.05, 0) is 39.2 Å². The molecular formula is C9H18N2O. The first-order valence-electron chi connectivity index (χ1n) is 4.75. The van der Waals surface area contributed by atoms with Crippen LogP contribution in [0.5, 0.6) is 0 Å². The van der Waals surface area contributed by atoms with Crippen molar-refractivity contribution in [2.45, 2.75) is 32.7 Å². The van der Waals surface area contributed by atoms with Gasteiger partial charge in [0.2, 0.25) is 5.91 Å². The van der Waals surface area contributed by atoms with Crippen LogP contribution in [0.1, 0.15) is 26.7 Å². The van der Waals surface area contributed by atoms with Gasteiger partial charge in [-0.1, -0.05) is 0 Å². The molecule has 0 heterocycles. The van der Waals surface area contributed by atoms with E-state index < -0.39 is 0 Å². The molecule has 0 radical (unpaired) electrons. The summed E-state index contributed by atoms with van der Waals surface area (Å²) in [6.07, 6.45) is 2.66. The van der Waals surface area contributed by atoms with Crippen LogP contribution in [0.15, 0.2) is 0 Å². The number of carbonyl (C=O) groups is 1. The van der Waals surface area contributed by atoms with Crippen molar-refractivity contribution in [1.29, 1.82) is 0 Å². The van der Waals surface area contributed by atoms with E-state index in [9.17, 15) is 4.79 Å². The minimum atomic E-state index is -0.0365. The van der Waals surface area contributed by atoms with E-state index in [0.717, 1.165) is 12.5 Å². The van der Waals surface area contributed by atoms with E-state index in [1.54, 1.807) is 0 Å². The molecule has 0 bridgehead atoms. The van der Waals surface area contributed by atoms with Gasteiger partial charge < -0.3 is 10.6 Å². The molecule has 1 rings (SSSR count). The third kappa shape index (κ3) is 3.22. The van der Waals surface area contributed by atoms with E-state index >= 15 is 0 Å². The summed E-state index contributed by atoms with van der Waals surface area (Å²) >= 11 is 0. The Bertz CT molecular complexity index is 155. The second kappa shape index (κ2) is 4.45. The van der Waals surface area contributed by atoms with E-state index in [-0.39, 0.29) is 11.9 Å². The molecule has 2 N–H and O–H groups in total. The van der Waals surface area contributed by atoms with Crippen molar-refractivity contribution >= 4 is 5.91 Å². The van der Waals surface area contributed by atoms with E-state index in [1.807, 2.05) is 13.8 Å². The number of rotatable bonds is 5. The fraction of sp³-hybridized carbons (Fsp3) is 0.889. The molecule has 1 unspecified atom stereocenters. The predicted octanol–water partition coefficient (Wildman–Crippen LogP) is 0.511. The average molecular weight is 170 g/mol. The van der Waals surface area contributed by atoms with Gasteiger partial charge in [0.05, 0.1) is 6.04 Å². The number of carbonyl (C=O) groups excluding carboxylic acids is 1. The summed E-state index contributed by atoms with van der Waals surface area (Å²) in [5, 5.41) is 6.01. The van der Waals surface area contributed by atoms with Crippen molar-refractivity contribution in [3.05, 3.63) is 0 Å². The molecule has 3 nitrogen and oxygen atoms in total. The molecule has 0 aromatic heterocycles. The Morgan fingerprint density at radius 3 is 2.75 bits per heavy atom. The smallest absolute Gasteiger partial charge is 0.236 e. The fourth-order valence-corrected chi connectivity index (χ4v) is 1.09. The molecule has 1 saturated carbocycles. The van der Waals surface area contributed by atoms with Gasteiger partial charge in [0.1, 0.15) is 0 Å². The molecule has 1 aliphatic carbocycles. The summed E-state index contributed by atoms with van der Waals surface area (Å²) in [4.78, 5) is 11.2. The van der Waals surface area contributed by atoms with Crippen molar-refractivity contribution in [2.24, 2.45) is 5.92 Å². The lowest BCUT2D eigenvalue weighted by Crippen LogP contribution is -2.42. The highest BCUT2D eigenvalue weighted by Gasteiger charge is 2.22. The first-order chi connectivity index (χ1) is 5.74. The van der Waals surface area contributed by atoms with Gasteiger partial charge in [0, 0.05) is 6.54 Å². The van der Waals surface area contributed by atoms with Crippen LogP contribution in [0.3, 0.4) is 0 Å². The van der Waals surface area contributed by atoms with Crippen LogP contribution in [0, 0.1) is 5.92 Å². The first kappa shape index (κ1) is 9.52. The summed E-state index contributed by atoms with van der Waals surface area (Å²) in [7, 11) is 0. The highest BCUT2D eigenvalue weighted by atomic mass is 16.2. The largest absolute Gasteiger partial charge is 0.355 e. The van der Waals surface area contributed by atoms with Crippen molar-refractivity contribution in [3.63, 3.8) is 0 Å². The Morgan fingerprint density at radius 2 is 2.25 bits per heavy atom. The van der Waals surface area contributed by atoms with Crippen LogP contribution in [-0.2, 0) is 4.79 Å². The molecule has 1 aliphatic rings. The fourth-order valence-electron chi connectivity index (χ4n) is 1.09. The molecule has 3 heteroatoms. The molecule has 70 valence electrons. The Hall–Kier alpha value is -0.570. The van der Waals surface area contributed by atoms with Gasteiger partial charge >= 0.3 is 0 Å². The number of hydrogen-bond acceptors (Lipinski definition) is 2. The lowest BCUT2D eigenvalue weighted by molar-refractivity contribution is -0.122. The molecule has 0 saturated heterocycles. The van der Waals surface area contributed by atoms with Crippen molar-refractivity contribution in [1.82, 2.24) is 10.6 Å². The summed E-state index contributed by atoms with van der Waals surface area (Å²) in [6, 6.07) is -0.0365. The third-order valence-electron chi connectivity index (χ3n) is 2.15. The van der Waals surface area contributed by atoms with Crippen molar-refractivity contribution in [3.8, 4) is 0 Å². The summed E-state index contributed by atoms with van der Waals surface area (Å²) in [5.41, 5.74) is 0. The van der Waals surface area contributed by atoms with Crippen LogP contribution in [0.2, 0.25) is 0 Å². The molecule has 0 aromatic rings. The van der Waals surface area contributed by atoms with E-state index in [2.05, 4.69) is 10.6 Å². The second-order valence-electron chi connectivity index (χ2n) is 3.47. The lowest BCUT2D eigenvalue weighted by Gasteiger charge is -2.12. The normalized spacial score (nSPS) is 18.8. The molecule has 1 amide bonds. The highest BCUT2D eigenvalue weighted by molar-refractivity contribution is 5.81. The third-order valence-corrected chi connectivity index (χ3v) is 2.15. The topological polar surface area (TPSA) is 41.1 Å².